The highest BCUT2D eigenvalue weighted by molar-refractivity contribution is 6.04. The summed E-state index contributed by atoms with van der Waals surface area (Å²) < 4.78 is 12.9. The SMILES string of the molecule is O=C(Nc1cccc(NC(=O)N2CCCC2)c1)c1ccc(F)cc1. The minimum atomic E-state index is -0.391. The number of rotatable bonds is 3. The number of urea groups is 1. The highest BCUT2D eigenvalue weighted by atomic mass is 19.1. The van der Waals surface area contributed by atoms with Gasteiger partial charge in [-0.2, -0.15) is 0 Å². The van der Waals surface area contributed by atoms with Crippen LogP contribution in [0.2, 0.25) is 0 Å². The number of nitrogens with zero attached hydrogens (tertiary/aromatic N) is 1. The highest BCUT2D eigenvalue weighted by Crippen LogP contribution is 2.18. The van der Waals surface area contributed by atoms with E-state index in [0.29, 0.717) is 16.9 Å². The first-order valence-corrected chi connectivity index (χ1v) is 7.85. The van der Waals surface area contributed by atoms with Crippen LogP contribution >= 0.6 is 0 Å². The number of halogens is 1. The van der Waals surface area contributed by atoms with E-state index >= 15 is 0 Å². The van der Waals surface area contributed by atoms with Crippen LogP contribution in [0.4, 0.5) is 20.6 Å². The Morgan fingerprint density at radius 2 is 1.54 bits per heavy atom. The fourth-order valence-electron chi connectivity index (χ4n) is 2.60. The van der Waals surface area contributed by atoms with E-state index in [4.69, 9.17) is 0 Å². The Morgan fingerprint density at radius 3 is 2.21 bits per heavy atom. The number of carbonyl (C=O) groups is 2. The quantitative estimate of drug-likeness (QED) is 0.903. The van der Waals surface area contributed by atoms with Gasteiger partial charge in [-0.15, -0.1) is 0 Å². The Bertz CT molecular complexity index is 740. The monoisotopic (exact) mass is 327 g/mol. The molecule has 6 heteroatoms. The molecule has 3 amide bonds. The van der Waals surface area contributed by atoms with Crippen LogP contribution in [-0.4, -0.2) is 29.9 Å². The van der Waals surface area contributed by atoms with Gasteiger partial charge in [0.25, 0.3) is 5.91 Å². The Morgan fingerprint density at radius 1 is 0.917 bits per heavy atom. The number of benzene rings is 2. The number of likely N-dealkylation sites (tertiary alicyclic amines) is 1. The number of anilines is 2. The van der Waals surface area contributed by atoms with Gasteiger partial charge in [-0.05, 0) is 55.3 Å². The molecule has 0 aromatic heterocycles. The van der Waals surface area contributed by atoms with Crippen molar-refractivity contribution in [3.63, 3.8) is 0 Å². The molecule has 1 aliphatic rings. The standard InChI is InChI=1S/C18H18FN3O2/c19-14-8-6-13(7-9-14)17(23)20-15-4-3-5-16(12-15)21-18(24)22-10-1-2-11-22/h3-9,12H,1-2,10-11H2,(H,20,23)(H,21,24). The molecule has 124 valence electrons. The van der Waals surface area contributed by atoms with E-state index in [9.17, 15) is 14.0 Å². The van der Waals surface area contributed by atoms with E-state index in [-0.39, 0.29) is 11.9 Å². The molecule has 3 rings (SSSR count). The maximum atomic E-state index is 12.9. The van der Waals surface area contributed by atoms with Crippen LogP contribution in [0.3, 0.4) is 0 Å². The van der Waals surface area contributed by atoms with Gasteiger partial charge in [0.1, 0.15) is 5.82 Å². The molecule has 0 aliphatic carbocycles. The average Bonchev–Trinajstić information content (AvgIpc) is 3.10. The molecule has 5 nitrogen and oxygen atoms in total. The van der Waals surface area contributed by atoms with E-state index in [1.54, 1.807) is 29.2 Å². The zero-order valence-electron chi connectivity index (χ0n) is 13.1. The summed E-state index contributed by atoms with van der Waals surface area (Å²) in [6.07, 6.45) is 2.06. The van der Waals surface area contributed by atoms with Crippen molar-refractivity contribution < 1.29 is 14.0 Å². The van der Waals surface area contributed by atoms with E-state index in [0.717, 1.165) is 25.9 Å². The van der Waals surface area contributed by atoms with Crippen LogP contribution in [0.15, 0.2) is 48.5 Å². The summed E-state index contributed by atoms with van der Waals surface area (Å²) in [6.45, 7) is 1.54. The summed E-state index contributed by atoms with van der Waals surface area (Å²) in [6, 6.07) is 12.1. The highest BCUT2D eigenvalue weighted by Gasteiger charge is 2.17. The van der Waals surface area contributed by atoms with Crippen molar-refractivity contribution in [2.24, 2.45) is 0 Å². The van der Waals surface area contributed by atoms with E-state index in [2.05, 4.69) is 10.6 Å². The molecule has 0 unspecified atom stereocenters. The van der Waals surface area contributed by atoms with Crippen molar-refractivity contribution in [1.82, 2.24) is 4.90 Å². The zero-order chi connectivity index (χ0) is 16.9. The van der Waals surface area contributed by atoms with E-state index < -0.39 is 5.82 Å². The lowest BCUT2D eigenvalue weighted by Crippen LogP contribution is -2.32. The molecule has 1 saturated heterocycles. The van der Waals surface area contributed by atoms with Crippen molar-refractivity contribution in [1.29, 1.82) is 0 Å². The van der Waals surface area contributed by atoms with Crippen LogP contribution < -0.4 is 10.6 Å². The summed E-state index contributed by atoms with van der Waals surface area (Å²) in [7, 11) is 0. The molecule has 1 fully saturated rings. The molecule has 0 saturated carbocycles. The van der Waals surface area contributed by atoms with Crippen molar-refractivity contribution in [2.45, 2.75) is 12.8 Å². The normalized spacial score (nSPS) is 13.6. The van der Waals surface area contributed by atoms with Crippen LogP contribution in [0.5, 0.6) is 0 Å². The first-order chi connectivity index (χ1) is 11.6. The summed E-state index contributed by atoms with van der Waals surface area (Å²) in [5.41, 5.74) is 1.54. The first kappa shape index (κ1) is 16.0. The molecular weight excluding hydrogens is 309 g/mol. The Hall–Kier alpha value is -2.89. The molecule has 1 heterocycles. The third-order valence-electron chi connectivity index (χ3n) is 3.87. The molecule has 0 radical (unpaired) electrons. The van der Waals surface area contributed by atoms with Crippen LogP contribution in [0, 0.1) is 5.82 Å². The number of hydrogen-bond donors (Lipinski definition) is 2. The minimum absolute atomic E-state index is 0.130. The van der Waals surface area contributed by atoms with Crippen LogP contribution in [-0.2, 0) is 0 Å². The zero-order valence-corrected chi connectivity index (χ0v) is 13.1. The fraction of sp³-hybridized carbons (Fsp3) is 0.222. The van der Waals surface area contributed by atoms with Gasteiger partial charge in [0.05, 0.1) is 0 Å². The van der Waals surface area contributed by atoms with Crippen molar-refractivity contribution in [3.05, 3.63) is 59.9 Å². The minimum Gasteiger partial charge on any atom is -0.325 e. The second-order valence-corrected chi connectivity index (χ2v) is 5.67. The second-order valence-electron chi connectivity index (χ2n) is 5.67. The topological polar surface area (TPSA) is 61.4 Å². The molecule has 2 aromatic rings. The predicted molar refractivity (Wildman–Crippen MR) is 90.6 cm³/mol. The smallest absolute Gasteiger partial charge is 0.321 e. The Labute approximate surface area is 139 Å². The lowest BCUT2D eigenvalue weighted by molar-refractivity contribution is 0.102. The van der Waals surface area contributed by atoms with Gasteiger partial charge in [0, 0.05) is 30.0 Å². The van der Waals surface area contributed by atoms with Crippen molar-refractivity contribution in [2.75, 3.05) is 23.7 Å². The Kier molecular flexibility index (Phi) is 4.74. The first-order valence-electron chi connectivity index (χ1n) is 7.85. The number of amides is 3. The molecule has 0 atom stereocenters. The van der Waals surface area contributed by atoms with Gasteiger partial charge < -0.3 is 15.5 Å². The molecular formula is C18H18FN3O2. The van der Waals surface area contributed by atoms with Crippen molar-refractivity contribution in [3.8, 4) is 0 Å². The molecule has 0 bridgehead atoms. The molecule has 24 heavy (non-hydrogen) atoms. The molecule has 2 N–H and O–H groups in total. The molecule has 0 spiro atoms. The lowest BCUT2D eigenvalue weighted by atomic mass is 10.2. The van der Waals surface area contributed by atoms with Gasteiger partial charge >= 0.3 is 6.03 Å². The lowest BCUT2D eigenvalue weighted by Gasteiger charge is -2.16. The number of carbonyl (C=O) groups excluding carboxylic acids is 2. The predicted octanol–water partition coefficient (Wildman–Crippen LogP) is 3.71. The maximum Gasteiger partial charge on any atom is 0.321 e. The van der Waals surface area contributed by atoms with Gasteiger partial charge in [0.2, 0.25) is 0 Å². The van der Waals surface area contributed by atoms with Gasteiger partial charge in [-0.1, -0.05) is 6.07 Å². The van der Waals surface area contributed by atoms with Crippen molar-refractivity contribution >= 4 is 23.3 Å². The Balaban J connectivity index is 1.65. The summed E-state index contributed by atoms with van der Waals surface area (Å²) in [5.74, 6) is -0.726. The summed E-state index contributed by atoms with van der Waals surface area (Å²) in [4.78, 5) is 26.0. The number of nitrogens with one attached hydrogen (secondary N) is 2. The fourth-order valence-corrected chi connectivity index (χ4v) is 2.60. The van der Waals surface area contributed by atoms with Crippen LogP contribution in [0.25, 0.3) is 0 Å². The maximum absolute atomic E-state index is 12.9. The summed E-state index contributed by atoms with van der Waals surface area (Å²) >= 11 is 0. The van der Waals surface area contributed by atoms with Gasteiger partial charge in [-0.3, -0.25) is 4.79 Å². The second kappa shape index (κ2) is 7.12. The molecule has 2 aromatic carbocycles. The van der Waals surface area contributed by atoms with Gasteiger partial charge in [0.15, 0.2) is 0 Å². The number of hydrogen-bond acceptors (Lipinski definition) is 2. The van der Waals surface area contributed by atoms with E-state index in [1.807, 2.05) is 0 Å². The largest absolute Gasteiger partial charge is 0.325 e. The van der Waals surface area contributed by atoms with E-state index in [1.165, 1.54) is 24.3 Å². The summed E-state index contributed by atoms with van der Waals surface area (Å²) in [5, 5.41) is 5.57. The third kappa shape index (κ3) is 3.90. The molecule has 1 aliphatic heterocycles. The third-order valence-corrected chi connectivity index (χ3v) is 3.87. The van der Waals surface area contributed by atoms with Crippen LogP contribution in [0.1, 0.15) is 23.2 Å². The average molecular weight is 327 g/mol. The van der Waals surface area contributed by atoms with Gasteiger partial charge in [-0.25, -0.2) is 9.18 Å².